The third-order valence-electron chi connectivity index (χ3n) is 5.39. The summed E-state index contributed by atoms with van der Waals surface area (Å²) in [6, 6.07) is 8.05. The highest BCUT2D eigenvalue weighted by Crippen LogP contribution is 2.19. The van der Waals surface area contributed by atoms with Crippen molar-refractivity contribution in [3.8, 4) is 0 Å². The Morgan fingerprint density at radius 2 is 1.93 bits per heavy atom. The molecule has 0 atom stereocenters. The van der Waals surface area contributed by atoms with Crippen LogP contribution in [0.25, 0.3) is 16.8 Å². The molecule has 1 amide bonds. The number of aromatic nitrogens is 6. The Kier molecular flexibility index (Phi) is 5.46. The zero-order valence-electron chi connectivity index (χ0n) is 17.9. The zero-order chi connectivity index (χ0) is 21.4. The molecule has 0 aliphatic carbocycles. The molecule has 0 spiro atoms. The number of thioether (sulfide) groups is 1. The summed E-state index contributed by atoms with van der Waals surface area (Å²) in [4.78, 5) is 28.5. The summed E-state index contributed by atoms with van der Waals surface area (Å²) in [7, 11) is 1.82. The van der Waals surface area contributed by atoms with Gasteiger partial charge in [0, 0.05) is 30.5 Å². The van der Waals surface area contributed by atoms with Gasteiger partial charge in [-0.2, -0.15) is 4.98 Å². The van der Waals surface area contributed by atoms with E-state index in [1.807, 2.05) is 45.4 Å². The molecule has 0 N–H and O–H groups in total. The molecule has 0 saturated heterocycles. The summed E-state index contributed by atoms with van der Waals surface area (Å²) in [6.45, 7) is 7.23. The van der Waals surface area contributed by atoms with Gasteiger partial charge >= 0.3 is 0 Å². The van der Waals surface area contributed by atoms with E-state index >= 15 is 0 Å². The first-order valence-corrected chi connectivity index (χ1v) is 11.1. The lowest BCUT2D eigenvalue weighted by molar-refractivity contribution is -0.129. The van der Waals surface area contributed by atoms with Crippen LogP contribution in [0.4, 0.5) is 0 Å². The summed E-state index contributed by atoms with van der Waals surface area (Å²) >= 11 is 1.47. The van der Waals surface area contributed by atoms with Gasteiger partial charge in [0.2, 0.25) is 11.1 Å². The van der Waals surface area contributed by atoms with Crippen LogP contribution in [0.15, 0.2) is 29.4 Å². The van der Waals surface area contributed by atoms with E-state index in [1.54, 1.807) is 9.42 Å². The van der Waals surface area contributed by atoms with Gasteiger partial charge in [-0.05, 0) is 39.2 Å². The predicted octanol–water partition coefficient (Wildman–Crippen LogP) is 3.03. The number of carbonyl (C=O) groups is 1. The van der Waals surface area contributed by atoms with Crippen molar-refractivity contribution in [3.05, 3.63) is 47.0 Å². The number of imidazole rings is 1. The van der Waals surface area contributed by atoms with Gasteiger partial charge in [-0.1, -0.05) is 23.9 Å². The number of hydrogen-bond acceptors (Lipinski definition) is 6. The number of para-hydroxylation sites is 2. The molecule has 156 valence electrons. The highest BCUT2D eigenvalue weighted by molar-refractivity contribution is 7.98. The molecule has 0 saturated carbocycles. The first kappa shape index (κ1) is 20.3. The Labute approximate surface area is 179 Å². The Morgan fingerprint density at radius 3 is 2.67 bits per heavy atom. The van der Waals surface area contributed by atoms with Crippen LogP contribution >= 0.6 is 11.8 Å². The van der Waals surface area contributed by atoms with Crippen molar-refractivity contribution in [1.82, 2.24) is 34.0 Å². The van der Waals surface area contributed by atoms with E-state index in [0.717, 1.165) is 40.4 Å². The largest absolute Gasteiger partial charge is 0.338 e. The second kappa shape index (κ2) is 8.06. The van der Waals surface area contributed by atoms with Crippen molar-refractivity contribution in [1.29, 1.82) is 0 Å². The minimum atomic E-state index is 0.0160. The van der Waals surface area contributed by atoms with Crippen LogP contribution in [0, 0.1) is 13.8 Å². The molecule has 3 aromatic heterocycles. The highest BCUT2D eigenvalue weighted by Gasteiger charge is 2.20. The molecule has 0 unspecified atom stereocenters. The molecular formula is C21H25N7OS. The number of aryl methyl sites for hydroxylation is 3. The monoisotopic (exact) mass is 423 g/mol. The van der Waals surface area contributed by atoms with Crippen molar-refractivity contribution in [2.45, 2.75) is 45.4 Å². The van der Waals surface area contributed by atoms with Crippen molar-refractivity contribution in [3.63, 3.8) is 0 Å². The van der Waals surface area contributed by atoms with Crippen LogP contribution in [0.5, 0.6) is 0 Å². The standard InChI is InChI=1S/C21H25N7OS/c1-6-27-17-10-8-7-9-16(17)23-18(27)12-26(4)19(29)11-15-13(2)22-20-24-21(30-5)25-28(20)14(15)3/h7-10H,6,11-12H2,1-5H3. The molecule has 4 aromatic rings. The van der Waals surface area contributed by atoms with Gasteiger partial charge in [0.15, 0.2) is 0 Å². The predicted molar refractivity (Wildman–Crippen MR) is 118 cm³/mol. The average Bonchev–Trinajstić information content (AvgIpc) is 3.31. The first-order chi connectivity index (χ1) is 14.4. The topological polar surface area (TPSA) is 81.2 Å². The molecule has 4 rings (SSSR count). The van der Waals surface area contributed by atoms with Crippen molar-refractivity contribution in [2.24, 2.45) is 0 Å². The van der Waals surface area contributed by atoms with E-state index in [0.29, 0.717) is 17.5 Å². The fourth-order valence-corrected chi connectivity index (χ4v) is 4.05. The highest BCUT2D eigenvalue weighted by atomic mass is 32.2. The normalized spacial score (nSPS) is 11.5. The Morgan fingerprint density at radius 1 is 1.17 bits per heavy atom. The summed E-state index contributed by atoms with van der Waals surface area (Å²) in [6.07, 6.45) is 2.19. The van der Waals surface area contributed by atoms with Crippen LogP contribution in [0.2, 0.25) is 0 Å². The number of rotatable bonds is 6. The smallest absolute Gasteiger partial charge is 0.253 e. The third kappa shape index (κ3) is 3.54. The quantitative estimate of drug-likeness (QED) is 0.444. The minimum absolute atomic E-state index is 0.0160. The van der Waals surface area contributed by atoms with Crippen molar-refractivity contribution in [2.75, 3.05) is 13.3 Å². The lowest BCUT2D eigenvalue weighted by Crippen LogP contribution is -2.30. The second-order valence-electron chi connectivity index (χ2n) is 7.26. The van der Waals surface area contributed by atoms with Crippen LogP contribution in [-0.4, -0.2) is 53.2 Å². The van der Waals surface area contributed by atoms with Crippen LogP contribution in [-0.2, 0) is 24.3 Å². The molecule has 1 aromatic carbocycles. The van der Waals surface area contributed by atoms with E-state index in [4.69, 9.17) is 4.98 Å². The fourth-order valence-electron chi connectivity index (χ4n) is 3.72. The van der Waals surface area contributed by atoms with Gasteiger partial charge in [-0.25, -0.2) is 14.5 Å². The maximum atomic E-state index is 13.0. The van der Waals surface area contributed by atoms with Gasteiger partial charge in [-0.15, -0.1) is 5.10 Å². The lowest BCUT2D eigenvalue weighted by Gasteiger charge is -2.19. The van der Waals surface area contributed by atoms with Crippen LogP contribution in [0.1, 0.15) is 29.7 Å². The van der Waals surface area contributed by atoms with Crippen LogP contribution in [0.3, 0.4) is 0 Å². The molecule has 0 aliphatic heterocycles. The van der Waals surface area contributed by atoms with E-state index < -0.39 is 0 Å². The van der Waals surface area contributed by atoms with E-state index in [2.05, 4.69) is 32.6 Å². The minimum Gasteiger partial charge on any atom is -0.338 e. The lowest BCUT2D eigenvalue weighted by atomic mass is 10.1. The van der Waals surface area contributed by atoms with Gasteiger partial charge in [0.25, 0.3) is 5.78 Å². The number of hydrogen-bond donors (Lipinski definition) is 0. The number of fused-ring (bicyclic) bond motifs is 2. The number of nitrogens with zero attached hydrogens (tertiary/aromatic N) is 7. The second-order valence-corrected chi connectivity index (χ2v) is 8.03. The van der Waals surface area contributed by atoms with Gasteiger partial charge in [-0.3, -0.25) is 4.79 Å². The number of carbonyl (C=O) groups excluding carboxylic acids is 1. The molecule has 9 heteroatoms. The van der Waals surface area contributed by atoms with E-state index in [-0.39, 0.29) is 12.3 Å². The van der Waals surface area contributed by atoms with Gasteiger partial charge < -0.3 is 9.47 Å². The van der Waals surface area contributed by atoms with Crippen molar-refractivity contribution >= 4 is 34.5 Å². The molecule has 3 heterocycles. The van der Waals surface area contributed by atoms with E-state index in [9.17, 15) is 4.79 Å². The Hall–Kier alpha value is -2.94. The molecule has 8 nitrogen and oxygen atoms in total. The van der Waals surface area contributed by atoms with Gasteiger partial charge in [0.05, 0.1) is 24.0 Å². The summed E-state index contributed by atoms with van der Waals surface area (Å²) in [5.41, 5.74) is 4.64. The first-order valence-electron chi connectivity index (χ1n) is 9.87. The summed E-state index contributed by atoms with van der Waals surface area (Å²) in [5, 5.41) is 5.14. The Bertz CT molecular complexity index is 1240. The molecule has 0 radical (unpaired) electrons. The number of benzene rings is 1. The molecule has 0 fully saturated rings. The molecule has 0 bridgehead atoms. The number of amides is 1. The Balaban J connectivity index is 1.58. The third-order valence-corrected chi connectivity index (χ3v) is 5.93. The van der Waals surface area contributed by atoms with Crippen LogP contribution < -0.4 is 0 Å². The van der Waals surface area contributed by atoms with E-state index in [1.165, 1.54) is 11.8 Å². The average molecular weight is 424 g/mol. The fraction of sp³-hybridized carbons (Fsp3) is 0.381. The summed E-state index contributed by atoms with van der Waals surface area (Å²) in [5.74, 6) is 1.47. The maximum absolute atomic E-state index is 13.0. The SMILES string of the molecule is CCn1c(CN(C)C(=O)Cc2c(C)nc3nc(SC)nn3c2C)nc2ccccc21. The molecule has 0 aliphatic rings. The zero-order valence-corrected chi connectivity index (χ0v) is 18.7. The molecular weight excluding hydrogens is 398 g/mol. The summed E-state index contributed by atoms with van der Waals surface area (Å²) < 4.78 is 3.88. The maximum Gasteiger partial charge on any atom is 0.253 e. The molecule has 30 heavy (non-hydrogen) atoms. The van der Waals surface area contributed by atoms with Gasteiger partial charge in [0.1, 0.15) is 5.82 Å². The number of likely N-dealkylation sites (N-methyl/N-ethyl adjacent to an activating group) is 1. The van der Waals surface area contributed by atoms with Crippen molar-refractivity contribution < 1.29 is 4.79 Å².